The largest absolute Gasteiger partial charge is 0.487 e. The molecule has 7 heteroatoms. The van der Waals surface area contributed by atoms with E-state index >= 15 is 0 Å². The average molecular weight is 414 g/mol. The van der Waals surface area contributed by atoms with E-state index in [0.717, 1.165) is 42.9 Å². The molecule has 1 amide bonds. The number of carbonyl (C=O) groups excluding carboxylic acids is 1. The fraction of sp³-hybridized carbons (Fsp3) is 0.609. The van der Waals surface area contributed by atoms with Crippen molar-refractivity contribution in [3.05, 3.63) is 41.7 Å². The average Bonchev–Trinajstić information content (AvgIpc) is 3.30. The fourth-order valence-corrected chi connectivity index (χ4v) is 3.78. The van der Waals surface area contributed by atoms with Crippen LogP contribution in [0.1, 0.15) is 58.7 Å². The van der Waals surface area contributed by atoms with Crippen LogP contribution in [0, 0.1) is 5.41 Å². The fourth-order valence-electron chi connectivity index (χ4n) is 3.78. The number of amides is 1. The highest BCUT2D eigenvalue weighted by Crippen LogP contribution is 2.29. The molecule has 0 aliphatic carbocycles. The molecule has 7 nitrogen and oxygen atoms in total. The Hall–Kier alpha value is -2.41. The van der Waals surface area contributed by atoms with Gasteiger partial charge in [-0.25, -0.2) is 0 Å². The van der Waals surface area contributed by atoms with Gasteiger partial charge in [-0.1, -0.05) is 51.5 Å². The summed E-state index contributed by atoms with van der Waals surface area (Å²) in [5.41, 5.74) is 1.92. The highest BCUT2D eigenvalue weighted by molar-refractivity contribution is 5.84. The van der Waals surface area contributed by atoms with Gasteiger partial charge in [0.25, 0.3) is 0 Å². The van der Waals surface area contributed by atoms with Crippen molar-refractivity contribution < 1.29 is 9.53 Å². The van der Waals surface area contributed by atoms with Crippen LogP contribution in [0.2, 0.25) is 0 Å². The van der Waals surface area contributed by atoms with Gasteiger partial charge in [0.05, 0.1) is 18.4 Å². The number of aryl methyl sites for hydroxylation is 1. The Morgan fingerprint density at radius 2 is 1.90 bits per heavy atom. The van der Waals surface area contributed by atoms with Gasteiger partial charge in [-0.05, 0) is 42.9 Å². The quantitative estimate of drug-likeness (QED) is 0.682. The molecule has 0 bridgehead atoms. The molecule has 1 aliphatic rings. The third kappa shape index (κ3) is 5.39. The zero-order chi connectivity index (χ0) is 21.7. The van der Waals surface area contributed by atoms with Gasteiger partial charge in [0.15, 0.2) is 0 Å². The maximum absolute atomic E-state index is 13.0. The van der Waals surface area contributed by atoms with E-state index in [1.54, 1.807) is 4.68 Å². The molecule has 1 aliphatic heterocycles. The van der Waals surface area contributed by atoms with Gasteiger partial charge in [0.2, 0.25) is 5.91 Å². The molecular formula is C23H35N5O2. The Morgan fingerprint density at radius 1 is 1.17 bits per heavy atom. The number of rotatable bonds is 9. The molecule has 30 heavy (non-hydrogen) atoms. The smallest absolute Gasteiger partial charge is 0.241 e. The number of carbonyl (C=O) groups is 1. The predicted molar refractivity (Wildman–Crippen MR) is 117 cm³/mol. The van der Waals surface area contributed by atoms with Gasteiger partial charge >= 0.3 is 0 Å². The normalized spacial score (nSPS) is 19.5. The number of benzene rings is 1. The number of unbranched alkanes of at least 4 members (excludes halogenated alkanes) is 1. The predicted octanol–water partition coefficient (Wildman–Crippen LogP) is 3.39. The topological polar surface area (TPSA) is 72.3 Å². The van der Waals surface area contributed by atoms with Gasteiger partial charge in [-0.3, -0.25) is 14.8 Å². The van der Waals surface area contributed by atoms with Crippen molar-refractivity contribution in [2.45, 2.75) is 79.2 Å². The molecular weight excluding hydrogens is 378 g/mol. The van der Waals surface area contributed by atoms with Crippen LogP contribution in [0.25, 0.3) is 0 Å². The van der Waals surface area contributed by atoms with E-state index in [-0.39, 0.29) is 23.5 Å². The molecule has 1 N–H and O–H groups in total. The minimum Gasteiger partial charge on any atom is -0.487 e. The van der Waals surface area contributed by atoms with Crippen molar-refractivity contribution in [3.8, 4) is 5.75 Å². The van der Waals surface area contributed by atoms with Crippen molar-refractivity contribution >= 4 is 5.91 Å². The van der Waals surface area contributed by atoms with Crippen molar-refractivity contribution in [2.24, 2.45) is 5.41 Å². The third-order valence-corrected chi connectivity index (χ3v) is 5.48. The molecule has 2 atom stereocenters. The second-order valence-corrected chi connectivity index (χ2v) is 9.08. The standard InChI is InChI=1S/C23H35N5O2/c1-6-8-13-28-21(29)20(24-22(28)23(3,4)5)14-17-9-11-19(12-10-17)30-16-18-15-27(7-2)26-25-18/h9-12,15,20,22,24H,6-8,13-14,16H2,1-5H3/t20-,22-/m0/s1. The Morgan fingerprint density at radius 3 is 2.50 bits per heavy atom. The Labute approximate surface area is 179 Å². The van der Waals surface area contributed by atoms with E-state index in [1.165, 1.54) is 0 Å². The summed E-state index contributed by atoms with van der Waals surface area (Å²) in [4.78, 5) is 15.1. The van der Waals surface area contributed by atoms with Gasteiger partial charge in [-0.15, -0.1) is 5.10 Å². The number of nitrogens with one attached hydrogen (secondary N) is 1. The molecule has 2 aromatic rings. The molecule has 0 radical (unpaired) electrons. The van der Waals surface area contributed by atoms with E-state index in [0.29, 0.717) is 13.0 Å². The van der Waals surface area contributed by atoms with Gasteiger partial charge < -0.3 is 9.64 Å². The Balaban J connectivity index is 1.59. The molecule has 164 valence electrons. The summed E-state index contributed by atoms with van der Waals surface area (Å²) in [5, 5.41) is 11.7. The first-order valence-corrected chi connectivity index (χ1v) is 11.0. The Bertz CT molecular complexity index is 825. The SMILES string of the molecule is CCCCN1C(=O)[C@H](Cc2ccc(OCc3cn(CC)nn3)cc2)N[C@@H]1C(C)(C)C. The van der Waals surface area contributed by atoms with Crippen molar-refractivity contribution in [2.75, 3.05) is 6.54 Å². The van der Waals surface area contributed by atoms with E-state index < -0.39 is 0 Å². The minimum atomic E-state index is -0.179. The highest BCUT2D eigenvalue weighted by atomic mass is 16.5. The van der Waals surface area contributed by atoms with Gasteiger partial charge in [0.1, 0.15) is 18.1 Å². The molecule has 0 spiro atoms. The van der Waals surface area contributed by atoms with Crippen LogP contribution < -0.4 is 10.1 Å². The van der Waals surface area contributed by atoms with Crippen molar-refractivity contribution in [1.82, 2.24) is 25.2 Å². The Kier molecular flexibility index (Phi) is 7.13. The van der Waals surface area contributed by atoms with E-state index in [4.69, 9.17) is 4.74 Å². The molecule has 1 aromatic heterocycles. The van der Waals surface area contributed by atoms with Gasteiger partial charge in [-0.2, -0.15) is 0 Å². The van der Waals surface area contributed by atoms with E-state index in [9.17, 15) is 4.79 Å². The second kappa shape index (κ2) is 9.60. The number of nitrogens with zero attached hydrogens (tertiary/aromatic N) is 4. The lowest BCUT2D eigenvalue weighted by molar-refractivity contribution is -0.131. The summed E-state index contributed by atoms with van der Waals surface area (Å²) >= 11 is 0. The first-order valence-electron chi connectivity index (χ1n) is 11.0. The summed E-state index contributed by atoms with van der Waals surface area (Å²) in [6.07, 6.45) is 4.76. The first-order chi connectivity index (χ1) is 14.3. The maximum atomic E-state index is 13.0. The van der Waals surface area contributed by atoms with Crippen LogP contribution in [0.3, 0.4) is 0 Å². The van der Waals surface area contributed by atoms with Crippen molar-refractivity contribution in [3.63, 3.8) is 0 Å². The summed E-state index contributed by atoms with van der Waals surface area (Å²) in [7, 11) is 0. The number of ether oxygens (including phenoxy) is 1. The summed E-state index contributed by atoms with van der Waals surface area (Å²) in [5.74, 6) is 0.996. The summed E-state index contributed by atoms with van der Waals surface area (Å²) in [6.45, 7) is 12.7. The zero-order valence-electron chi connectivity index (χ0n) is 18.9. The van der Waals surface area contributed by atoms with Crippen LogP contribution in [-0.2, 0) is 24.4 Å². The third-order valence-electron chi connectivity index (χ3n) is 5.48. The van der Waals surface area contributed by atoms with Crippen LogP contribution in [0.5, 0.6) is 5.75 Å². The van der Waals surface area contributed by atoms with E-state index in [1.807, 2.05) is 42.3 Å². The molecule has 1 saturated heterocycles. The minimum absolute atomic E-state index is 0.00450. The van der Waals surface area contributed by atoms with Crippen LogP contribution in [-0.4, -0.2) is 44.6 Å². The first kappa shape index (κ1) is 22.3. The molecule has 1 fully saturated rings. The number of hydrogen-bond donors (Lipinski definition) is 1. The number of aromatic nitrogens is 3. The number of hydrogen-bond acceptors (Lipinski definition) is 5. The molecule has 1 aromatic carbocycles. The maximum Gasteiger partial charge on any atom is 0.241 e. The molecule has 2 heterocycles. The van der Waals surface area contributed by atoms with Crippen LogP contribution >= 0.6 is 0 Å². The van der Waals surface area contributed by atoms with Crippen molar-refractivity contribution in [1.29, 1.82) is 0 Å². The lowest BCUT2D eigenvalue weighted by Gasteiger charge is -2.34. The lowest BCUT2D eigenvalue weighted by Crippen LogP contribution is -2.47. The molecule has 0 unspecified atom stereocenters. The van der Waals surface area contributed by atoms with Gasteiger partial charge in [0, 0.05) is 13.1 Å². The molecule has 0 saturated carbocycles. The van der Waals surface area contributed by atoms with Crippen LogP contribution in [0.4, 0.5) is 0 Å². The highest BCUT2D eigenvalue weighted by Gasteiger charge is 2.43. The van der Waals surface area contributed by atoms with Crippen LogP contribution in [0.15, 0.2) is 30.5 Å². The monoisotopic (exact) mass is 413 g/mol. The molecule has 3 rings (SSSR count). The summed E-state index contributed by atoms with van der Waals surface area (Å²) < 4.78 is 7.59. The zero-order valence-corrected chi connectivity index (χ0v) is 18.9. The van der Waals surface area contributed by atoms with E-state index in [2.05, 4.69) is 43.3 Å². The summed E-state index contributed by atoms with van der Waals surface area (Å²) in [6, 6.07) is 7.80. The second-order valence-electron chi connectivity index (χ2n) is 9.08. The lowest BCUT2D eigenvalue weighted by atomic mass is 9.91.